The largest absolute Gasteiger partial charge is 0.416 e. The van der Waals surface area contributed by atoms with Gasteiger partial charge < -0.3 is 0 Å². The maximum Gasteiger partial charge on any atom is 0.416 e. The highest BCUT2D eigenvalue weighted by Gasteiger charge is 2.33. The number of allylic oxidation sites excluding steroid dienone is 1. The van der Waals surface area contributed by atoms with E-state index in [0.29, 0.717) is 16.8 Å². The summed E-state index contributed by atoms with van der Waals surface area (Å²) in [5, 5.41) is 4.07. The zero-order valence-corrected chi connectivity index (χ0v) is 16.2. The van der Waals surface area contributed by atoms with Crippen molar-refractivity contribution in [2.45, 2.75) is 25.8 Å². The van der Waals surface area contributed by atoms with Crippen LogP contribution in [0.15, 0.2) is 53.9 Å². The Morgan fingerprint density at radius 3 is 2.48 bits per heavy atom. The van der Waals surface area contributed by atoms with Crippen molar-refractivity contribution < 1.29 is 26.3 Å². The molecule has 0 N–H and O–H groups in total. The smallest absolute Gasteiger partial charge is 0.264 e. The van der Waals surface area contributed by atoms with Gasteiger partial charge in [0.05, 0.1) is 29.6 Å². The molecule has 2 heterocycles. The lowest BCUT2D eigenvalue weighted by molar-refractivity contribution is -0.138. The Labute approximate surface area is 173 Å². The predicted molar refractivity (Wildman–Crippen MR) is 105 cm³/mol. The number of rotatable bonds is 5. The molecule has 0 bridgehead atoms. The molecular weight excluding hydrogens is 422 g/mol. The van der Waals surface area contributed by atoms with E-state index in [0.717, 1.165) is 30.6 Å². The Kier molecular flexibility index (Phi) is 6.01. The number of halogens is 6. The number of aromatic nitrogens is 3. The van der Waals surface area contributed by atoms with E-state index in [4.69, 9.17) is 0 Å². The summed E-state index contributed by atoms with van der Waals surface area (Å²) in [7, 11) is 0. The molecular formula is C21H16F6N4. The molecule has 1 aromatic carbocycles. The summed E-state index contributed by atoms with van der Waals surface area (Å²) >= 11 is 0. The topological polar surface area (TPSA) is 43.1 Å². The third-order valence-corrected chi connectivity index (χ3v) is 4.56. The molecule has 0 aliphatic carbocycles. The van der Waals surface area contributed by atoms with E-state index in [1.165, 1.54) is 29.1 Å². The molecule has 0 fully saturated rings. The van der Waals surface area contributed by atoms with E-state index < -0.39 is 23.5 Å². The zero-order valence-electron chi connectivity index (χ0n) is 16.2. The first-order valence-corrected chi connectivity index (χ1v) is 8.89. The Hall–Kier alpha value is -3.43. The summed E-state index contributed by atoms with van der Waals surface area (Å²) in [4.78, 5) is 7.57. The molecule has 0 spiro atoms. The SMILES string of the molecule is C=Nc1cnn(Cc2cnccc2C(F)(F)F)c1/C=C(\C)c1cccc(C(F)(F)F)c1. The quantitative estimate of drug-likeness (QED) is 0.349. The van der Waals surface area contributed by atoms with Crippen molar-refractivity contribution in [3.8, 4) is 0 Å². The molecule has 0 atom stereocenters. The second-order valence-corrected chi connectivity index (χ2v) is 6.67. The monoisotopic (exact) mass is 438 g/mol. The van der Waals surface area contributed by atoms with Crippen molar-refractivity contribution in [1.29, 1.82) is 0 Å². The van der Waals surface area contributed by atoms with E-state index in [1.807, 2.05) is 0 Å². The average molecular weight is 438 g/mol. The van der Waals surface area contributed by atoms with Gasteiger partial charge in [0.2, 0.25) is 0 Å². The minimum absolute atomic E-state index is 0.111. The second-order valence-electron chi connectivity index (χ2n) is 6.67. The van der Waals surface area contributed by atoms with Crippen molar-refractivity contribution in [3.63, 3.8) is 0 Å². The number of nitrogens with zero attached hydrogens (tertiary/aromatic N) is 4. The molecule has 3 aromatic rings. The van der Waals surface area contributed by atoms with Gasteiger partial charge in [-0.25, -0.2) is 0 Å². The maximum absolute atomic E-state index is 13.3. The molecule has 3 rings (SSSR count). The Morgan fingerprint density at radius 1 is 1.10 bits per heavy atom. The normalized spacial score (nSPS) is 12.8. The van der Waals surface area contributed by atoms with Crippen molar-refractivity contribution >= 4 is 24.1 Å². The molecule has 0 aliphatic heterocycles. The summed E-state index contributed by atoms with van der Waals surface area (Å²) in [6.45, 7) is 4.75. The van der Waals surface area contributed by atoms with Gasteiger partial charge in [-0.2, -0.15) is 31.4 Å². The van der Waals surface area contributed by atoms with Crippen LogP contribution in [0.3, 0.4) is 0 Å². The predicted octanol–water partition coefficient (Wildman–Crippen LogP) is 6.26. The molecule has 31 heavy (non-hydrogen) atoms. The summed E-state index contributed by atoms with van der Waals surface area (Å²) in [5.74, 6) is 0. The number of pyridine rings is 1. The van der Waals surface area contributed by atoms with Crippen LogP contribution in [0, 0.1) is 0 Å². The summed E-state index contributed by atoms with van der Waals surface area (Å²) < 4.78 is 80.2. The van der Waals surface area contributed by atoms with Gasteiger partial charge in [-0.05, 0) is 49.1 Å². The Bertz CT molecular complexity index is 1130. The van der Waals surface area contributed by atoms with Gasteiger partial charge in [-0.1, -0.05) is 12.1 Å². The lowest BCUT2D eigenvalue weighted by atomic mass is 10.0. The third-order valence-electron chi connectivity index (χ3n) is 4.56. The van der Waals surface area contributed by atoms with Gasteiger partial charge in [0.1, 0.15) is 5.69 Å². The first-order chi connectivity index (χ1) is 14.5. The Morgan fingerprint density at radius 2 is 1.84 bits per heavy atom. The number of hydrogen-bond acceptors (Lipinski definition) is 3. The third kappa shape index (κ3) is 5.01. The zero-order chi connectivity index (χ0) is 22.8. The van der Waals surface area contributed by atoms with E-state index in [1.54, 1.807) is 6.92 Å². The van der Waals surface area contributed by atoms with Crippen LogP contribution in [0.4, 0.5) is 32.0 Å². The van der Waals surface area contributed by atoms with Crippen molar-refractivity contribution in [3.05, 3.63) is 76.9 Å². The molecule has 0 radical (unpaired) electrons. The fraction of sp³-hybridized carbons (Fsp3) is 0.190. The fourth-order valence-electron chi connectivity index (χ4n) is 3.00. The van der Waals surface area contributed by atoms with E-state index in [9.17, 15) is 26.3 Å². The minimum atomic E-state index is -4.57. The first-order valence-electron chi connectivity index (χ1n) is 8.89. The van der Waals surface area contributed by atoms with Crippen LogP contribution in [-0.4, -0.2) is 21.5 Å². The molecule has 0 saturated carbocycles. The molecule has 0 amide bonds. The van der Waals surface area contributed by atoms with Gasteiger partial charge in [0.15, 0.2) is 0 Å². The number of hydrogen-bond donors (Lipinski definition) is 0. The highest BCUT2D eigenvalue weighted by atomic mass is 19.4. The number of aliphatic imine (C=N–C) groups is 1. The molecule has 10 heteroatoms. The van der Waals surface area contributed by atoms with Crippen molar-refractivity contribution in [2.75, 3.05) is 0 Å². The molecule has 4 nitrogen and oxygen atoms in total. The first kappa shape index (κ1) is 22.3. The minimum Gasteiger partial charge on any atom is -0.264 e. The highest BCUT2D eigenvalue weighted by molar-refractivity contribution is 5.82. The maximum atomic E-state index is 13.3. The Balaban J connectivity index is 2.03. The molecule has 0 saturated heterocycles. The molecule has 162 valence electrons. The van der Waals surface area contributed by atoms with Crippen LogP contribution in [0.5, 0.6) is 0 Å². The van der Waals surface area contributed by atoms with Gasteiger partial charge in [-0.15, -0.1) is 0 Å². The average Bonchev–Trinajstić information content (AvgIpc) is 3.08. The van der Waals surface area contributed by atoms with Crippen LogP contribution >= 0.6 is 0 Å². The van der Waals surface area contributed by atoms with Crippen LogP contribution in [-0.2, 0) is 18.9 Å². The van der Waals surface area contributed by atoms with Crippen LogP contribution < -0.4 is 0 Å². The van der Waals surface area contributed by atoms with Gasteiger partial charge in [0, 0.05) is 18.0 Å². The highest BCUT2D eigenvalue weighted by Crippen LogP contribution is 2.34. The summed E-state index contributed by atoms with van der Waals surface area (Å²) in [6, 6.07) is 5.61. The fourth-order valence-corrected chi connectivity index (χ4v) is 3.00. The van der Waals surface area contributed by atoms with Crippen LogP contribution in [0.25, 0.3) is 11.6 Å². The molecule has 0 aliphatic rings. The molecule has 2 aromatic heterocycles. The van der Waals surface area contributed by atoms with E-state index >= 15 is 0 Å². The number of alkyl halides is 6. The lowest BCUT2D eigenvalue weighted by Gasteiger charge is -2.13. The molecule has 0 unspecified atom stereocenters. The van der Waals surface area contributed by atoms with Gasteiger partial charge in [0.25, 0.3) is 0 Å². The second kappa shape index (κ2) is 8.37. The lowest BCUT2D eigenvalue weighted by Crippen LogP contribution is -2.13. The van der Waals surface area contributed by atoms with E-state index in [-0.39, 0.29) is 17.8 Å². The van der Waals surface area contributed by atoms with Crippen LogP contribution in [0.1, 0.15) is 34.9 Å². The van der Waals surface area contributed by atoms with Crippen molar-refractivity contribution in [2.24, 2.45) is 4.99 Å². The number of benzene rings is 1. The standard InChI is InChI=1S/C21H16F6N4/c1-13(14-4-3-5-16(9-14)20(22,23)24)8-19-18(28-2)11-30-31(19)12-15-10-29-7-6-17(15)21(25,26)27/h3-11H,2,12H2,1H3/b13-8+. The van der Waals surface area contributed by atoms with E-state index in [2.05, 4.69) is 21.8 Å². The van der Waals surface area contributed by atoms with Gasteiger partial charge in [-0.3, -0.25) is 14.7 Å². The van der Waals surface area contributed by atoms with Crippen LogP contribution in [0.2, 0.25) is 0 Å². The van der Waals surface area contributed by atoms with Gasteiger partial charge >= 0.3 is 12.4 Å². The van der Waals surface area contributed by atoms with Crippen molar-refractivity contribution in [1.82, 2.24) is 14.8 Å². The summed E-state index contributed by atoms with van der Waals surface area (Å²) in [5.41, 5.74) is -0.435. The summed E-state index contributed by atoms with van der Waals surface area (Å²) in [6.07, 6.45) is -4.10.